The van der Waals surface area contributed by atoms with Crippen LogP contribution in [0.3, 0.4) is 0 Å². The summed E-state index contributed by atoms with van der Waals surface area (Å²) in [5.41, 5.74) is -0.185. The van der Waals surface area contributed by atoms with Crippen LogP contribution in [0.15, 0.2) is 12.3 Å². The summed E-state index contributed by atoms with van der Waals surface area (Å²) in [7, 11) is 0. The highest BCUT2D eigenvalue weighted by Gasteiger charge is 2.20. The molecule has 0 fully saturated rings. The first-order valence-corrected chi connectivity index (χ1v) is 6.19. The molecule has 1 unspecified atom stereocenters. The predicted octanol–water partition coefficient (Wildman–Crippen LogP) is 2.07. The van der Waals surface area contributed by atoms with Gasteiger partial charge in [-0.2, -0.15) is 5.26 Å². The minimum absolute atomic E-state index is 0.0366. The van der Waals surface area contributed by atoms with Crippen molar-refractivity contribution in [2.24, 2.45) is 5.41 Å². The maximum atomic E-state index is 10.9. The molecule has 108 valence electrons. The van der Waals surface area contributed by atoms with E-state index in [-0.39, 0.29) is 29.0 Å². The van der Waals surface area contributed by atoms with Gasteiger partial charge in [0, 0.05) is 18.8 Å². The average Bonchev–Trinajstić information content (AvgIpc) is 2.34. The van der Waals surface area contributed by atoms with E-state index < -0.39 is 11.0 Å². The zero-order valence-electron chi connectivity index (χ0n) is 11.8. The van der Waals surface area contributed by atoms with E-state index >= 15 is 0 Å². The van der Waals surface area contributed by atoms with Crippen LogP contribution in [-0.2, 0) is 0 Å². The van der Waals surface area contributed by atoms with Gasteiger partial charge < -0.3 is 10.4 Å². The number of nitro groups is 1. The van der Waals surface area contributed by atoms with Crippen LogP contribution in [0.1, 0.15) is 32.8 Å². The number of hydrogen-bond donors (Lipinski definition) is 2. The summed E-state index contributed by atoms with van der Waals surface area (Å²) in [6, 6.07) is 2.96. The monoisotopic (exact) mass is 278 g/mol. The number of aliphatic hydroxyl groups excluding tert-OH is 1. The Morgan fingerprint density at radius 2 is 2.25 bits per heavy atom. The van der Waals surface area contributed by atoms with Crippen molar-refractivity contribution in [3.8, 4) is 6.07 Å². The minimum atomic E-state index is -0.632. The van der Waals surface area contributed by atoms with Gasteiger partial charge in [-0.3, -0.25) is 10.1 Å². The summed E-state index contributed by atoms with van der Waals surface area (Å²) >= 11 is 0. The third-order valence-electron chi connectivity index (χ3n) is 2.55. The molecule has 0 radical (unpaired) electrons. The first-order valence-electron chi connectivity index (χ1n) is 6.19. The molecule has 0 aliphatic heterocycles. The van der Waals surface area contributed by atoms with Gasteiger partial charge in [0.05, 0.1) is 16.6 Å². The van der Waals surface area contributed by atoms with E-state index in [0.717, 1.165) is 6.07 Å². The lowest BCUT2D eigenvalue weighted by atomic mass is 9.89. The molecular formula is C13H18N4O3. The fourth-order valence-electron chi connectivity index (χ4n) is 1.78. The summed E-state index contributed by atoms with van der Waals surface area (Å²) in [5, 5.41) is 32.2. The summed E-state index contributed by atoms with van der Waals surface area (Å²) in [4.78, 5) is 14.2. The third kappa shape index (κ3) is 4.82. The van der Waals surface area contributed by atoms with Crippen LogP contribution in [0.2, 0.25) is 0 Å². The van der Waals surface area contributed by atoms with Crippen molar-refractivity contribution in [2.75, 3.05) is 11.9 Å². The molecule has 7 heteroatoms. The second-order valence-corrected chi connectivity index (χ2v) is 5.76. The molecule has 0 bridgehead atoms. The van der Waals surface area contributed by atoms with Gasteiger partial charge in [-0.15, -0.1) is 0 Å². The molecule has 2 N–H and O–H groups in total. The Morgan fingerprint density at radius 3 is 2.75 bits per heavy atom. The molecule has 1 aromatic rings. The van der Waals surface area contributed by atoms with Gasteiger partial charge in [0.15, 0.2) is 0 Å². The van der Waals surface area contributed by atoms with Crippen molar-refractivity contribution < 1.29 is 10.0 Å². The first-order chi connectivity index (χ1) is 9.23. The van der Waals surface area contributed by atoms with Crippen LogP contribution in [-0.4, -0.2) is 27.7 Å². The molecule has 1 rings (SSSR count). The number of nitriles is 1. The summed E-state index contributed by atoms with van der Waals surface area (Å²) < 4.78 is 0. The number of pyridine rings is 1. The molecule has 0 amide bonds. The molecular weight excluding hydrogens is 260 g/mol. The zero-order chi connectivity index (χ0) is 15.3. The van der Waals surface area contributed by atoms with E-state index in [4.69, 9.17) is 5.26 Å². The highest BCUT2D eigenvalue weighted by atomic mass is 16.6. The molecule has 0 aliphatic carbocycles. The molecule has 0 saturated carbocycles. The van der Waals surface area contributed by atoms with Crippen molar-refractivity contribution >= 4 is 11.5 Å². The van der Waals surface area contributed by atoms with E-state index in [2.05, 4.69) is 10.3 Å². The molecule has 20 heavy (non-hydrogen) atoms. The van der Waals surface area contributed by atoms with Gasteiger partial charge in [0.2, 0.25) is 5.82 Å². The van der Waals surface area contributed by atoms with Gasteiger partial charge in [-0.25, -0.2) is 4.98 Å². The lowest BCUT2D eigenvalue weighted by molar-refractivity contribution is -0.384. The van der Waals surface area contributed by atoms with Crippen molar-refractivity contribution in [3.05, 3.63) is 27.9 Å². The number of nitrogens with one attached hydrogen (secondary N) is 1. The number of aliphatic hydroxyl groups is 1. The smallest absolute Gasteiger partial charge is 0.312 e. The maximum absolute atomic E-state index is 10.9. The molecule has 1 aromatic heterocycles. The third-order valence-corrected chi connectivity index (χ3v) is 2.55. The Hall–Kier alpha value is -2.20. The fraction of sp³-hybridized carbons (Fsp3) is 0.538. The van der Waals surface area contributed by atoms with Crippen LogP contribution < -0.4 is 5.32 Å². The average molecular weight is 278 g/mol. The number of aromatic nitrogens is 1. The van der Waals surface area contributed by atoms with Crippen LogP contribution in [0.25, 0.3) is 0 Å². The zero-order valence-corrected chi connectivity index (χ0v) is 11.8. The van der Waals surface area contributed by atoms with Crippen molar-refractivity contribution in [3.63, 3.8) is 0 Å². The quantitative estimate of drug-likeness (QED) is 0.629. The Morgan fingerprint density at radius 1 is 1.60 bits per heavy atom. The molecule has 0 aliphatic rings. The lowest BCUT2D eigenvalue weighted by Gasteiger charge is -2.22. The van der Waals surface area contributed by atoms with Crippen LogP contribution >= 0.6 is 0 Å². The van der Waals surface area contributed by atoms with E-state index in [1.165, 1.54) is 6.20 Å². The highest BCUT2D eigenvalue weighted by Crippen LogP contribution is 2.24. The second kappa shape index (κ2) is 6.30. The molecule has 0 saturated heterocycles. The van der Waals surface area contributed by atoms with Gasteiger partial charge >= 0.3 is 5.69 Å². The maximum Gasteiger partial charge on any atom is 0.312 e. The van der Waals surface area contributed by atoms with Crippen molar-refractivity contribution in [1.29, 1.82) is 5.26 Å². The molecule has 1 heterocycles. The number of hydrogen-bond acceptors (Lipinski definition) is 6. The SMILES string of the molecule is CC(C)(C)CC(O)CNc1ncc(C#N)cc1[N+](=O)[O-]. The Kier molecular flexibility index (Phi) is 5.00. The van der Waals surface area contributed by atoms with Gasteiger partial charge in [-0.05, 0) is 11.8 Å². The van der Waals surface area contributed by atoms with Crippen LogP contribution in [0, 0.1) is 26.9 Å². The van der Waals surface area contributed by atoms with Gasteiger partial charge in [0.25, 0.3) is 0 Å². The minimum Gasteiger partial charge on any atom is -0.391 e. The van der Waals surface area contributed by atoms with Crippen molar-refractivity contribution in [2.45, 2.75) is 33.3 Å². The van der Waals surface area contributed by atoms with Gasteiger partial charge in [-0.1, -0.05) is 20.8 Å². The van der Waals surface area contributed by atoms with E-state index in [9.17, 15) is 15.2 Å². The largest absolute Gasteiger partial charge is 0.391 e. The Bertz CT molecular complexity index is 531. The lowest BCUT2D eigenvalue weighted by Crippen LogP contribution is -2.25. The first kappa shape index (κ1) is 15.9. The summed E-state index contributed by atoms with van der Waals surface area (Å²) in [6.07, 6.45) is 1.18. The Labute approximate surface area is 117 Å². The number of anilines is 1. The molecule has 7 nitrogen and oxygen atoms in total. The van der Waals surface area contributed by atoms with E-state index in [1.807, 2.05) is 20.8 Å². The molecule has 0 spiro atoms. The normalized spacial score (nSPS) is 12.6. The molecule has 1 atom stereocenters. The van der Waals surface area contributed by atoms with Crippen molar-refractivity contribution in [1.82, 2.24) is 4.98 Å². The summed E-state index contributed by atoms with van der Waals surface area (Å²) in [6.45, 7) is 6.16. The Balaban J connectivity index is 2.78. The highest BCUT2D eigenvalue weighted by molar-refractivity contribution is 5.58. The summed E-state index contributed by atoms with van der Waals surface area (Å²) in [5.74, 6) is 0.0574. The van der Waals surface area contributed by atoms with Crippen LogP contribution in [0.4, 0.5) is 11.5 Å². The second-order valence-electron chi connectivity index (χ2n) is 5.76. The van der Waals surface area contributed by atoms with E-state index in [1.54, 1.807) is 6.07 Å². The number of rotatable bonds is 5. The predicted molar refractivity (Wildman–Crippen MR) is 74.2 cm³/mol. The standard InChI is InChI=1S/C13H18N4O3/c1-13(2,3)5-10(18)8-16-12-11(17(19)20)4-9(6-14)7-15-12/h4,7,10,18H,5,8H2,1-3H3,(H,15,16). The number of nitrogens with zero attached hydrogens (tertiary/aromatic N) is 3. The topological polar surface area (TPSA) is 112 Å². The molecule has 0 aromatic carbocycles. The van der Waals surface area contributed by atoms with Crippen LogP contribution in [0.5, 0.6) is 0 Å². The fourth-order valence-corrected chi connectivity index (χ4v) is 1.78. The van der Waals surface area contributed by atoms with E-state index in [0.29, 0.717) is 6.42 Å². The van der Waals surface area contributed by atoms with Gasteiger partial charge in [0.1, 0.15) is 6.07 Å².